The average molecular weight is 184 g/mol. The van der Waals surface area contributed by atoms with Crippen LogP contribution in [0.4, 0.5) is 0 Å². The Morgan fingerprint density at radius 3 is 3.08 bits per heavy atom. The van der Waals surface area contributed by atoms with E-state index in [9.17, 15) is 4.79 Å². The lowest BCUT2D eigenvalue weighted by atomic mass is 10.2. The van der Waals surface area contributed by atoms with Gasteiger partial charge in [-0.1, -0.05) is 0 Å². The molecule has 1 unspecified atom stereocenters. The van der Waals surface area contributed by atoms with Crippen LogP contribution in [-0.2, 0) is 16.1 Å². The van der Waals surface area contributed by atoms with Crippen molar-refractivity contribution < 1.29 is 9.53 Å². The van der Waals surface area contributed by atoms with Crippen LogP contribution in [0.3, 0.4) is 0 Å². The zero-order chi connectivity index (χ0) is 9.68. The van der Waals surface area contributed by atoms with E-state index < -0.39 is 12.0 Å². The number of carbonyl (C=O) groups excluding carboxylic acids is 1. The smallest absolute Gasteiger partial charge is 0.322 e. The summed E-state index contributed by atoms with van der Waals surface area (Å²) in [5.41, 5.74) is 5.51. The molecule has 0 saturated heterocycles. The molecule has 0 radical (unpaired) electrons. The van der Waals surface area contributed by atoms with Gasteiger partial charge in [-0.15, -0.1) is 0 Å². The SMILES string of the molecule is COC(=O)C(N)CCn1cncn1. The van der Waals surface area contributed by atoms with Crippen LogP contribution in [0, 0.1) is 0 Å². The van der Waals surface area contributed by atoms with Crippen LogP contribution < -0.4 is 5.73 Å². The topological polar surface area (TPSA) is 83.0 Å². The van der Waals surface area contributed by atoms with Crippen LogP contribution in [-0.4, -0.2) is 33.9 Å². The fourth-order valence-electron chi connectivity index (χ4n) is 0.889. The zero-order valence-electron chi connectivity index (χ0n) is 7.38. The Morgan fingerprint density at radius 2 is 2.54 bits per heavy atom. The molecule has 1 atom stereocenters. The van der Waals surface area contributed by atoms with Gasteiger partial charge < -0.3 is 10.5 Å². The number of hydrogen-bond acceptors (Lipinski definition) is 5. The number of aryl methyl sites for hydroxylation is 1. The first kappa shape index (κ1) is 9.66. The first-order valence-electron chi connectivity index (χ1n) is 3.90. The minimum Gasteiger partial charge on any atom is -0.468 e. The van der Waals surface area contributed by atoms with Gasteiger partial charge in [0.2, 0.25) is 0 Å². The number of ether oxygens (including phenoxy) is 1. The molecule has 0 aromatic carbocycles. The number of esters is 1. The van der Waals surface area contributed by atoms with Gasteiger partial charge in [-0.25, -0.2) is 4.98 Å². The highest BCUT2D eigenvalue weighted by atomic mass is 16.5. The summed E-state index contributed by atoms with van der Waals surface area (Å²) in [6.07, 6.45) is 3.50. The molecule has 0 spiro atoms. The van der Waals surface area contributed by atoms with E-state index >= 15 is 0 Å². The third-order valence-corrected chi connectivity index (χ3v) is 1.64. The van der Waals surface area contributed by atoms with E-state index in [-0.39, 0.29) is 0 Å². The van der Waals surface area contributed by atoms with Gasteiger partial charge >= 0.3 is 5.97 Å². The van der Waals surface area contributed by atoms with Gasteiger partial charge in [-0.2, -0.15) is 5.10 Å². The van der Waals surface area contributed by atoms with Crippen molar-refractivity contribution in [1.82, 2.24) is 14.8 Å². The van der Waals surface area contributed by atoms with Crippen LogP contribution >= 0.6 is 0 Å². The molecule has 0 amide bonds. The molecule has 13 heavy (non-hydrogen) atoms. The standard InChI is InChI=1S/C7H12N4O2/c1-13-7(12)6(8)2-3-11-5-9-4-10-11/h4-6H,2-3,8H2,1H3. The van der Waals surface area contributed by atoms with Gasteiger partial charge in [0.15, 0.2) is 0 Å². The fraction of sp³-hybridized carbons (Fsp3) is 0.571. The van der Waals surface area contributed by atoms with E-state index in [1.54, 1.807) is 11.0 Å². The van der Waals surface area contributed by atoms with Crippen LogP contribution in [0.25, 0.3) is 0 Å². The second-order valence-electron chi connectivity index (χ2n) is 2.58. The molecule has 0 saturated carbocycles. The van der Waals surface area contributed by atoms with E-state index in [0.717, 1.165) is 0 Å². The number of nitrogens with zero attached hydrogens (tertiary/aromatic N) is 3. The summed E-state index contributed by atoms with van der Waals surface area (Å²) in [5.74, 6) is -0.403. The summed E-state index contributed by atoms with van der Waals surface area (Å²) in [7, 11) is 1.32. The molecule has 1 heterocycles. The van der Waals surface area contributed by atoms with Gasteiger partial charge in [0.05, 0.1) is 7.11 Å². The summed E-state index contributed by atoms with van der Waals surface area (Å²) in [5, 5.41) is 3.87. The lowest BCUT2D eigenvalue weighted by Gasteiger charge is -2.07. The normalized spacial score (nSPS) is 12.5. The molecular weight excluding hydrogens is 172 g/mol. The Hall–Kier alpha value is -1.43. The molecule has 0 bridgehead atoms. The van der Waals surface area contributed by atoms with Crippen LogP contribution in [0.2, 0.25) is 0 Å². The first-order valence-corrected chi connectivity index (χ1v) is 3.90. The molecule has 0 aliphatic rings. The van der Waals surface area contributed by atoms with E-state index in [0.29, 0.717) is 13.0 Å². The third-order valence-electron chi connectivity index (χ3n) is 1.64. The number of rotatable bonds is 4. The second-order valence-corrected chi connectivity index (χ2v) is 2.58. The van der Waals surface area contributed by atoms with E-state index in [1.165, 1.54) is 13.4 Å². The Kier molecular flexibility index (Phi) is 3.39. The summed E-state index contributed by atoms with van der Waals surface area (Å²) in [4.78, 5) is 14.6. The Labute approximate surface area is 75.7 Å². The lowest BCUT2D eigenvalue weighted by molar-refractivity contribution is -0.142. The highest BCUT2D eigenvalue weighted by molar-refractivity contribution is 5.75. The second kappa shape index (κ2) is 4.56. The van der Waals surface area contributed by atoms with Gasteiger partial charge in [0.1, 0.15) is 18.7 Å². The average Bonchev–Trinajstić information content (AvgIpc) is 2.65. The van der Waals surface area contributed by atoms with Crippen molar-refractivity contribution >= 4 is 5.97 Å². The number of nitrogens with two attached hydrogens (primary N) is 1. The lowest BCUT2D eigenvalue weighted by Crippen LogP contribution is -2.32. The fourth-order valence-corrected chi connectivity index (χ4v) is 0.889. The maximum Gasteiger partial charge on any atom is 0.322 e. The summed E-state index contributed by atoms with van der Waals surface area (Å²) in [6, 6.07) is -0.589. The third kappa shape index (κ3) is 2.83. The Morgan fingerprint density at radius 1 is 1.77 bits per heavy atom. The number of carbonyl (C=O) groups is 1. The minimum atomic E-state index is -0.589. The van der Waals surface area contributed by atoms with Crippen LogP contribution in [0.5, 0.6) is 0 Å². The number of aromatic nitrogens is 3. The molecule has 0 fully saturated rings. The molecular formula is C7H12N4O2. The Bertz CT molecular complexity index is 259. The highest BCUT2D eigenvalue weighted by Gasteiger charge is 2.12. The maximum absolute atomic E-state index is 10.9. The maximum atomic E-state index is 10.9. The molecule has 1 rings (SSSR count). The van der Waals surface area contributed by atoms with Crippen LogP contribution in [0.15, 0.2) is 12.7 Å². The van der Waals surface area contributed by atoms with Gasteiger partial charge in [-0.05, 0) is 6.42 Å². The van der Waals surface area contributed by atoms with Crippen molar-refractivity contribution in [2.45, 2.75) is 19.0 Å². The van der Waals surface area contributed by atoms with E-state index in [1.807, 2.05) is 0 Å². The molecule has 1 aromatic rings. The van der Waals surface area contributed by atoms with Crippen molar-refractivity contribution in [3.63, 3.8) is 0 Å². The Balaban J connectivity index is 2.30. The summed E-state index contributed by atoms with van der Waals surface area (Å²) < 4.78 is 6.09. The monoisotopic (exact) mass is 184 g/mol. The minimum absolute atomic E-state index is 0.403. The quantitative estimate of drug-likeness (QED) is 0.617. The molecule has 1 aromatic heterocycles. The molecule has 0 aliphatic heterocycles. The van der Waals surface area contributed by atoms with Crippen molar-refractivity contribution in [2.75, 3.05) is 7.11 Å². The van der Waals surface area contributed by atoms with Gasteiger partial charge in [0, 0.05) is 6.54 Å². The number of methoxy groups -OCH3 is 1. The van der Waals surface area contributed by atoms with Crippen molar-refractivity contribution in [1.29, 1.82) is 0 Å². The molecule has 6 nitrogen and oxygen atoms in total. The van der Waals surface area contributed by atoms with E-state index in [2.05, 4.69) is 14.8 Å². The van der Waals surface area contributed by atoms with Crippen molar-refractivity contribution in [3.8, 4) is 0 Å². The molecule has 6 heteroatoms. The highest BCUT2D eigenvalue weighted by Crippen LogP contribution is 1.94. The zero-order valence-corrected chi connectivity index (χ0v) is 7.38. The van der Waals surface area contributed by atoms with Crippen molar-refractivity contribution in [3.05, 3.63) is 12.7 Å². The van der Waals surface area contributed by atoms with Gasteiger partial charge in [0.25, 0.3) is 0 Å². The summed E-state index contributed by atoms with van der Waals surface area (Å²) in [6.45, 7) is 0.566. The predicted octanol–water partition coefficient (Wildman–Crippen LogP) is -0.831. The summed E-state index contributed by atoms with van der Waals surface area (Å²) >= 11 is 0. The van der Waals surface area contributed by atoms with Gasteiger partial charge in [-0.3, -0.25) is 9.48 Å². The largest absolute Gasteiger partial charge is 0.468 e. The first-order chi connectivity index (χ1) is 6.24. The molecule has 0 aliphatic carbocycles. The van der Waals surface area contributed by atoms with Crippen LogP contribution in [0.1, 0.15) is 6.42 Å². The van der Waals surface area contributed by atoms with E-state index in [4.69, 9.17) is 5.73 Å². The predicted molar refractivity (Wildman–Crippen MR) is 44.6 cm³/mol. The van der Waals surface area contributed by atoms with Crippen molar-refractivity contribution in [2.24, 2.45) is 5.73 Å². The molecule has 2 N–H and O–H groups in total. The number of hydrogen-bond donors (Lipinski definition) is 1. The molecule has 72 valence electrons.